The number of rotatable bonds is 28. The molecule has 0 bridgehead atoms. The van der Waals surface area contributed by atoms with Crippen LogP contribution in [-0.4, -0.2) is 191 Å². The van der Waals surface area contributed by atoms with E-state index in [4.69, 9.17) is 22.9 Å². The first kappa shape index (κ1) is 60.0. The Kier molecular flexibility index (Phi) is 23.4. The zero-order valence-electron chi connectivity index (χ0n) is 43.4. The second-order valence-electron chi connectivity index (χ2n) is 19.2. The van der Waals surface area contributed by atoms with E-state index in [1.165, 1.54) is 9.80 Å². The Bertz CT molecular complexity index is 2420. The second kappa shape index (κ2) is 30.0. The number of carboxylic acid groups (broad SMARTS) is 1. The Morgan fingerprint density at radius 1 is 0.584 bits per heavy atom. The van der Waals surface area contributed by atoms with Gasteiger partial charge in [-0.2, -0.15) is 0 Å². The van der Waals surface area contributed by atoms with Gasteiger partial charge in [-0.3, -0.25) is 48.3 Å². The molecule has 0 spiro atoms. The summed E-state index contributed by atoms with van der Waals surface area (Å²) >= 11 is 0. The lowest BCUT2D eigenvalue weighted by molar-refractivity contribution is -0.147. The number of hydrogen-bond acceptors (Lipinski definition) is 13. The van der Waals surface area contributed by atoms with E-state index in [0.717, 1.165) is 0 Å². The number of aliphatic hydroxyl groups excluding tert-OH is 1. The van der Waals surface area contributed by atoms with E-state index >= 15 is 0 Å². The van der Waals surface area contributed by atoms with Crippen LogP contribution in [0.3, 0.4) is 0 Å². The molecule has 26 nitrogen and oxygen atoms in total. The van der Waals surface area contributed by atoms with Crippen molar-refractivity contribution in [1.29, 1.82) is 0 Å². The quantitative estimate of drug-likeness (QED) is 0.0221. The number of benzene rings is 2. The highest BCUT2D eigenvalue weighted by atomic mass is 16.4. The smallest absolute Gasteiger partial charge is 0.326 e. The van der Waals surface area contributed by atoms with Crippen molar-refractivity contribution in [2.75, 3.05) is 52.9 Å². The monoisotopic (exact) mass is 1070 g/mol. The van der Waals surface area contributed by atoms with Gasteiger partial charge < -0.3 is 79.7 Å². The minimum absolute atomic E-state index is 0.0195. The van der Waals surface area contributed by atoms with E-state index in [-0.39, 0.29) is 75.5 Å². The number of carboxylic acids is 1. The number of nitrogens with two attached hydrogens (primary N) is 4. The molecule has 26 heteroatoms. The maximum Gasteiger partial charge on any atom is 0.326 e. The van der Waals surface area contributed by atoms with Crippen molar-refractivity contribution in [3.05, 3.63) is 71.8 Å². The van der Waals surface area contributed by atoms with Crippen molar-refractivity contribution in [3.8, 4) is 0 Å². The molecule has 3 saturated heterocycles. The summed E-state index contributed by atoms with van der Waals surface area (Å²) in [5, 5.41) is 36.4. The summed E-state index contributed by atoms with van der Waals surface area (Å²) in [4.78, 5) is 135. The Morgan fingerprint density at radius 2 is 1.04 bits per heavy atom. The predicted octanol–water partition coefficient (Wildman–Crippen LogP) is -3.73. The van der Waals surface area contributed by atoms with Crippen molar-refractivity contribution in [2.45, 2.75) is 125 Å². The number of aliphatic hydroxyl groups is 1. The van der Waals surface area contributed by atoms with Gasteiger partial charge in [-0.1, -0.05) is 60.7 Å². The summed E-state index contributed by atoms with van der Waals surface area (Å²) in [6.07, 6.45) is 3.44. The maximum absolute atomic E-state index is 14.2. The molecule has 0 unspecified atom stereocenters. The molecule has 0 aromatic heterocycles. The highest BCUT2D eigenvalue weighted by Gasteiger charge is 2.44. The third kappa shape index (κ3) is 17.9. The molecule has 420 valence electrons. The Morgan fingerprint density at radius 3 is 1.55 bits per heavy atom. The minimum Gasteiger partial charge on any atom is -0.480 e. The SMILES string of the molecule is CN[C@@H](CCCN=C(N)N)C(=O)N1CCC[C@H]1C(=O)N1CCC[C@H]1C(=O)NCC(=O)N[C@@H](Cc1ccccc1)C(=O)N[C@@H](CO)C(=O)N1CCC[C@H]1C(=O)N[C@@H](Cc1ccccc1)C(=O)N[C@@H](CCCN=C(N)N)C(=O)O. The first-order valence-electron chi connectivity index (χ1n) is 26.0. The van der Waals surface area contributed by atoms with Crippen LogP contribution in [0.15, 0.2) is 70.6 Å². The molecule has 3 aliphatic heterocycles. The number of guanidine groups is 2. The molecular weight excluding hydrogens is 999 g/mol. The van der Waals surface area contributed by atoms with E-state index in [0.29, 0.717) is 69.2 Å². The van der Waals surface area contributed by atoms with Crippen molar-refractivity contribution in [2.24, 2.45) is 32.9 Å². The number of likely N-dealkylation sites (N-methyl/N-ethyl adjacent to an activating group) is 1. The third-order valence-electron chi connectivity index (χ3n) is 13.7. The fraction of sp³-hybridized carbons (Fsp3) is 0.549. The van der Waals surface area contributed by atoms with Crippen LogP contribution in [0.1, 0.15) is 75.3 Å². The molecule has 77 heavy (non-hydrogen) atoms. The number of nitrogens with one attached hydrogen (secondary N) is 6. The lowest BCUT2D eigenvalue weighted by atomic mass is 10.0. The Hall–Kier alpha value is -7.87. The number of hydrogen-bond donors (Lipinski definition) is 12. The largest absolute Gasteiger partial charge is 0.480 e. The van der Waals surface area contributed by atoms with Gasteiger partial charge in [-0.15, -0.1) is 0 Å². The maximum atomic E-state index is 14.2. The van der Waals surface area contributed by atoms with Crippen LogP contribution in [-0.2, 0) is 56.0 Å². The summed E-state index contributed by atoms with van der Waals surface area (Å²) in [6, 6.07) is 8.40. The van der Waals surface area contributed by atoms with Crippen molar-refractivity contribution in [3.63, 3.8) is 0 Å². The Labute approximate surface area is 446 Å². The summed E-state index contributed by atoms with van der Waals surface area (Å²) in [6.45, 7) is -0.316. The van der Waals surface area contributed by atoms with Crippen LogP contribution >= 0.6 is 0 Å². The third-order valence-corrected chi connectivity index (χ3v) is 13.7. The standard InChI is InChI=1S/C51H75N15O11/c1-56-33(17-8-22-57-50(52)53)46(73)66-26-12-21-40(66)48(75)65-25-10-19-38(65)44(71)59-29-41(68)60-35(27-31-13-4-2-5-14-31)42(69)63-37(30-67)47(74)64-24-11-20-39(64)45(72)62-36(28-32-15-6-3-7-16-32)43(70)61-34(49(76)77)18-9-23-58-51(54)55/h2-7,13-16,33-40,56,67H,8-12,17-30H2,1H3,(H,59,71)(H,60,68)(H,61,70)(H,62,72)(H,63,69)(H,76,77)(H4,52,53,57)(H4,54,55,58)/t33-,34-,35-,36-,37-,38-,39-,40-/m0/s1. The van der Waals surface area contributed by atoms with Crippen LogP contribution in [0.4, 0.5) is 0 Å². The average Bonchev–Trinajstić information content (AvgIpc) is 4.23. The number of carbonyl (C=O) groups excluding carboxylic acids is 8. The molecule has 0 saturated carbocycles. The van der Waals surface area contributed by atoms with Gasteiger partial charge >= 0.3 is 5.97 Å². The highest BCUT2D eigenvalue weighted by molar-refractivity contribution is 5.98. The molecule has 3 aliphatic rings. The number of nitrogens with zero attached hydrogens (tertiary/aromatic N) is 5. The van der Waals surface area contributed by atoms with Gasteiger partial charge in [0.2, 0.25) is 47.3 Å². The van der Waals surface area contributed by atoms with E-state index < -0.39 is 103 Å². The van der Waals surface area contributed by atoms with E-state index in [1.54, 1.807) is 72.6 Å². The van der Waals surface area contributed by atoms with Gasteiger partial charge in [-0.25, -0.2) is 4.79 Å². The van der Waals surface area contributed by atoms with Crippen molar-refractivity contribution >= 4 is 65.1 Å². The normalized spacial score (nSPS) is 18.9. The molecule has 3 fully saturated rings. The molecule has 0 radical (unpaired) electrons. The summed E-state index contributed by atoms with van der Waals surface area (Å²) in [5.41, 5.74) is 22.9. The average molecular weight is 1070 g/mol. The molecule has 0 aliphatic carbocycles. The lowest BCUT2D eigenvalue weighted by Gasteiger charge is -2.32. The number of carbonyl (C=O) groups is 9. The summed E-state index contributed by atoms with van der Waals surface area (Å²) in [7, 11) is 1.66. The molecule has 2 aromatic carbocycles. The molecule has 3 heterocycles. The van der Waals surface area contributed by atoms with Gasteiger partial charge in [-0.05, 0) is 82.4 Å². The van der Waals surface area contributed by atoms with E-state index in [9.17, 15) is 53.4 Å². The number of aliphatic carboxylic acids is 1. The summed E-state index contributed by atoms with van der Waals surface area (Å²) in [5.74, 6) is -6.68. The molecule has 5 rings (SSSR count). The molecular formula is C51H75N15O11. The highest BCUT2D eigenvalue weighted by Crippen LogP contribution is 2.26. The predicted molar refractivity (Wildman–Crippen MR) is 283 cm³/mol. The van der Waals surface area contributed by atoms with Gasteiger partial charge in [0.05, 0.1) is 19.2 Å². The van der Waals surface area contributed by atoms with Crippen LogP contribution in [0.25, 0.3) is 0 Å². The fourth-order valence-corrected chi connectivity index (χ4v) is 9.79. The van der Waals surface area contributed by atoms with Gasteiger partial charge in [0.25, 0.3) is 0 Å². The number of aliphatic imine (C=N–C) groups is 2. The van der Waals surface area contributed by atoms with Gasteiger partial charge in [0.1, 0.15) is 42.3 Å². The van der Waals surface area contributed by atoms with Crippen molar-refractivity contribution in [1.82, 2.24) is 46.6 Å². The topological polar surface area (TPSA) is 405 Å². The molecule has 8 atom stereocenters. The zero-order chi connectivity index (χ0) is 56.0. The summed E-state index contributed by atoms with van der Waals surface area (Å²) < 4.78 is 0. The van der Waals surface area contributed by atoms with Gasteiger partial charge in [0, 0.05) is 45.6 Å². The van der Waals surface area contributed by atoms with Crippen molar-refractivity contribution < 1.29 is 53.4 Å². The minimum atomic E-state index is -1.58. The zero-order valence-corrected chi connectivity index (χ0v) is 43.4. The fourth-order valence-electron chi connectivity index (χ4n) is 9.79. The van der Waals surface area contributed by atoms with E-state index in [1.807, 2.05) is 0 Å². The first-order chi connectivity index (χ1) is 36.9. The second-order valence-corrected chi connectivity index (χ2v) is 19.2. The molecule has 2 aromatic rings. The molecule has 8 amide bonds. The first-order valence-corrected chi connectivity index (χ1v) is 26.0. The van der Waals surface area contributed by atoms with Crippen LogP contribution < -0.4 is 54.8 Å². The van der Waals surface area contributed by atoms with Crippen LogP contribution in [0.5, 0.6) is 0 Å². The van der Waals surface area contributed by atoms with Crippen LogP contribution in [0, 0.1) is 0 Å². The Balaban J connectivity index is 1.21. The van der Waals surface area contributed by atoms with Crippen LogP contribution in [0.2, 0.25) is 0 Å². The van der Waals surface area contributed by atoms with E-state index in [2.05, 4.69) is 41.9 Å². The molecule has 16 N–H and O–H groups in total. The lowest BCUT2D eigenvalue weighted by Crippen LogP contribution is -2.60. The number of likely N-dealkylation sites (tertiary alicyclic amines) is 3. The number of amides is 8. The van der Waals surface area contributed by atoms with Gasteiger partial charge in [0.15, 0.2) is 11.9 Å².